The molecule has 0 spiro atoms. The number of benzene rings is 1. The van der Waals surface area contributed by atoms with E-state index in [1.165, 1.54) is 0 Å². The van der Waals surface area contributed by atoms with Gasteiger partial charge in [0, 0.05) is 36.6 Å². The summed E-state index contributed by atoms with van der Waals surface area (Å²) in [6, 6.07) is 11.1. The van der Waals surface area contributed by atoms with Crippen molar-refractivity contribution in [1.29, 1.82) is 0 Å². The summed E-state index contributed by atoms with van der Waals surface area (Å²) < 4.78 is 30.2. The maximum atomic E-state index is 12.7. The quantitative estimate of drug-likeness (QED) is 0.913. The number of halogens is 2. The number of ether oxygens (including phenoxy) is 1. The van der Waals surface area contributed by atoms with E-state index in [2.05, 4.69) is 16.3 Å². The fraction of sp³-hybridized carbons (Fsp3) is 0.375. The van der Waals surface area contributed by atoms with Crippen molar-refractivity contribution in [2.24, 2.45) is 0 Å². The van der Waals surface area contributed by atoms with E-state index in [-0.39, 0.29) is 11.8 Å². The molecule has 1 atom stereocenters. The zero-order valence-corrected chi connectivity index (χ0v) is 12.9. The molecule has 0 aliphatic carbocycles. The van der Waals surface area contributed by atoms with E-state index in [9.17, 15) is 8.78 Å². The maximum absolute atomic E-state index is 12.7. The van der Waals surface area contributed by atoms with Crippen LogP contribution < -0.4 is 10.1 Å². The Morgan fingerprint density at radius 2 is 1.86 bits per heavy atom. The van der Waals surface area contributed by atoms with Crippen LogP contribution >= 0.6 is 11.3 Å². The van der Waals surface area contributed by atoms with Crippen LogP contribution in [-0.4, -0.2) is 37.7 Å². The second-order valence-electron chi connectivity index (χ2n) is 5.12. The Hall–Kier alpha value is -1.50. The second kappa shape index (κ2) is 7.17. The Balaban J connectivity index is 1.98. The Morgan fingerprint density at radius 1 is 1.09 bits per heavy atom. The molecule has 6 heteroatoms. The normalized spacial score (nSPS) is 17.6. The van der Waals surface area contributed by atoms with Gasteiger partial charge in [-0.15, -0.1) is 11.3 Å². The number of hydrogen-bond acceptors (Lipinski definition) is 4. The first-order valence-electron chi connectivity index (χ1n) is 7.27. The highest BCUT2D eigenvalue weighted by Gasteiger charge is 2.27. The molecule has 2 heterocycles. The van der Waals surface area contributed by atoms with Crippen molar-refractivity contribution in [3.05, 3.63) is 52.2 Å². The highest BCUT2D eigenvalue weighted by molar-refractivity contribution is 7.10. The van der Waals surface area contributed by atoms with E-state index in [4.69, 9.17) is 4.74 Å². The summed E-state index contributed by atoms with van der Waals surface area (Å²) in [7, 11) is 0. The lowest BCUT2D eigenvalue weighted by Crippen LogP contribution is -2.45. The van der Waals surface area contributed by atoms with Crippen LogP contribution in [-0.2, 0) is 0 Å². The maximum Gasteiger partial charge on any atom is 0.387 e. The predicted octanol–water partition coefficient (Wildman–Crippen LogP) is 3.34. The van der Waals surface area contributed by atoms with Crippen molar-refractivity contribution in [3.63, 3.8) is 0 Å². The lowest BCUT2D eigenvalue weighted by Gasteiger charge is -2.35. The summed E-state index contributed by atoms with van der Waals surface area (Å²) in [5, 5.41) is 5.34. The van der Waals surface area contributed by atoms with Crippen molar-refractivity contribution >= 4 is 11.3 Å². The minimum atomic E-state index is -2.81. The largest absolute Gasteiger partial charge is 0.434 e. The Labute approximate surface area is 132 Å². The minimum Gasteiger partial charge on any atom is -0.434 e. The Kier molecular flexibility index (Phi) is 5.02. The number of alkyl halides is 2. The van der Waals surface area contributed by atoms with Crippen molar-refractivity contribution < 1.29 is 13.5 Å². The zero-order valence-electron chi connectivity index (χ0n) is 12.0. The SMILES string of the molecule is FC(F)Oc1ccccc1[C@@H](c1cccs1)N1CCNCC1. The zero-order chi connectivity index (χ0) is 15.4. The Bertz CT molecular complexity index is 586. The van der Waals surface area contributed by atoms with Gasteiger partial charge in [-0.3, -0.25) is 4.90 Å². The van der Waals surface area contributed by atoms with Crippen molar-refractivity contribution in [2.45, 2.75) is 12.7 Å². The average Bonchev–Trinajstić information content (AvgIpc) is 3.04. The molecule has 1 fully saturated rings. The summed E-state index contributed by atoms with van der Waals surface area (Å²) in [6.07, 6.45) is 0. The predicted molar refractivity (Wildman–Crippen MR) is 83.7 cm³/mol. The van der Waals surface area contributed by atoms with Gasteiger partial charge in [0.1, 0.15) is 5.75 Å². The highest BCUT2D eigenvalue weighted by atomic mass is 32.1. The highest BCUT2D eigenvalue weighted by Crippen LogP contribution is 2.37. The molecule has 0 amide bonds. The molecule has 0 radical (unpaired) electrons. The van der Waals surface area contributed by atoms with Crippen LogP contribution in [0.25, 0.3) is 0 Å². The molecular weight excluding hydrogens is 306 g/mol. The first kappa shape index (κ1) is 15.4. The lowest BCUT2D eigenvalue weighted by atomic mass is 10.0. The number of rotatable bonds is 5. The van der Waals surface area contributed by atoms with Gasteiger partial charge in [0.2, 0.25) is 0 Å². The van der Waals surface area contributed by atoms with Gasteiger partial charge < -0.3 is 10.1 Å². The summed E-state index contributed by atoms with van der Waals surface area (Å²) in [6.45, 7) is 0.754. The number of nitrogens with zero attached hydrogens (tertiary/aromatic N) is 1. The Morgan fingerprint density at radius 3 is 2.55 bits per heavy atom. The van der Waals surface area contributed by atoms with E-state index >= 15 is 0 Å². The van der Waals surface area contributed by atoms with Gasteiger partial charge in [-0.1, -0.05) is 24.3 Å². The van der Waals surface area contributed by atoms with Crippen LogP contribution in [0.1, 0.15) is 16.5 Å². The number of piperazine rings is 1. The molecule has 1 aliphatic heterocycles. The van der Waals surface area contributed by atoms with E-state index in [0.29, 0.717) is 0 Å². The fourth-order valence-corrected chi connectivity index (χ4v) is 3.70. The van der Waals surface area contributed by atoms with Crippen LogP contribution in [0.4, 0.5) is 8.78 Å². The van der Waals surface area contributed by atoms with Crippen LogP contribution in [0.3, 0.4) is 0 Å². The molecule has 1 saturated heterocycles. The topological polar surface area (TPSA) is 24.5 Å². The van der Waals surface area contributed by atoms with Gasteiger partial charge in [0.25, 0.3) is 0 Å². The third-order valence-electron chi connectivity index (χ3n) is 3.76. The molecule has 118 valence electrons. The summed E-state index contributed by atoms with van der Waals surface area (Å²) in [5.74, 6) is 0.259. The third kappa shape index (κ3) is 3.45. The van der Waals surface area contributed by atoms with Crippen LogP contribution in [0.2, 0.25) is 0 Å². The van der Waals surface area contributed by atoms with Gasteiger partial charge in [0.05, 0.1) is 6.04 Å². The molecule has 2 aromatic rings. The summed E-state index contributed by atoms with van der Waals surface area (Å²) in [5.41, 5.74) is 0.798. The molecule has 1 aromatic carbocycles. The molecule has 22 heavy (non-hydrogen) atoms. The number of thiophene rings is 1. The average molecular weight is 324 g/mol. The van der Waals surface area contributed by atoms with Crippen molar-refractivity contribution in [1.82, 2.24) is 10.2 Å². The first-order chi connectivity index (χ1) is 10.8. The molecule has 1 aromatic heterocycles. The van der Waals surface area contributed by atoms with Gasteiger partial charge in [-0.2, -0.15) is 8.78 Å². The fourth-order valence-electron chi connectivity index (χ4n) is 2.83. The molecule has 1 aliphatic rings. The number of nitrogens with one attached hydrogen (secondary N) is 1. The van der Waals surface area contributed by atoms with E-state index in [1.54, 1.807) is 23.5 Å². The van der Waals surface area contributed by atoms with Crippen molar-refractivity contribution in [2.75, 3.05) is 26.2 Å². The van der Waals surface area contributed by atoms with Gasteiger partial charge in [-0.25, -0.2) is 0 Å². The van der Waals surface area contributed by atoms with Crippen LogP contribution in [0, 0.1) is 0 Å². The van der Waals surface area contributed by atoms with Crippen molar-refractivity contribution in [3.8, 4) is 5.75 Å². The van der Waals surface area contributed by atoms with E-state index < -0.39 is 6.61 Å². The lowest BCUT2D eigenvalue weighted by molar-refractivity contribution is -0.0510. The standard InChI is InChI=1S/C16H18F2N2OS/c17-16(18)21-13-5-2-1-4-12(13)15(14-6-3-11-22-14)20-9-7-19-8-10-20/h1-6,11,15-16,19H,7-10H2/t15-/m0/s1. The first-order valence-corrected chi connectivity index (χ1v) is 8.15. The monoisotopic (exact) mass is 324 g/mol. The van der Waals surface area contributed by atoms with Gasteiger partial charge >= 0.3 is 6.61 Å². The molecule has 0 unspecified atom stereocenters. The molecule has 3 rings (SSSR count). The summed E-state index contributed by atoms with van der Waals surface area (Å²) >= 11 is 1.64. The van der Waals surface area contributed by atoms with Crippen LogP contribution in [0.5, 0.6) is 5.75 Å². The number of hydrogen-bond donors (Lipinski definition) is 1. The summed E-state index contributed by atoms with van der Waals surface area (Å²) in [4.78, 5) is 3.46. The molecule has 0 bridgehead atoms. The molecule has 0 saturated carbocycles. The second-order valence-corrected chi connectivity index (χ2v) is 6.10. The molecular formula is C16H18F2N2OS. The van der Waals surface area contributed by atoms with E-state index in [0.717, 1.165) is 36.6 Å². The minimum absolute atomic E-state index is 0.0444. The van der Waals surface area contributed by atoms with Crippen LogP contribution in [0.15, 0.2) is 41.8 Å². The third-order valence-corrected chi connectivity index (χ3v) is 4.68. The smallest absolute Gasteiger partial charge is 0.387 e. The number of para-hydroxylation sites is 1. The van der Waals surface area contributed by atoms with E-state index in [1.807, 2.05) is 23.6 Å². The molecule has 3 nitrogen and oxygen atoms in total. The van der Waals surface area contributed by atoms with Gasteiger partial charge in [0.15, 0.2) is 0 Å². The molecule has 1 N–H and O–H groups in total. The van der Waals surface area contributed by atoms with Gasteiger partial charge in [-0.05, 0) is 17.5 Å².